The summed E-state index contributed by atoms with van der Waals surface area (Å²) in [5, 5.41) is 2.29. The van der Waals surface area contributed by atoms with E-state index in [1.54, 1.807) is 45.6 Å². The van der Waals surface area contributed by atoms with Gasteiger partial charge in [0.2, 0.25) is 11.2 Å². The molecule has 0 fully saturated rings. The van der Waals surface area contributed by atoms with E-state index >= 15 is 0 Å². The highest BCUT2D eigenvalue weighted by Gasteiger charge is 2.26. The third kappa shape index (κ3) is 3.89. The van der Waals surface area contributed by atoms with Crippen LogP contribution in [0.4, 0.5) is 0 Å². The second-order valence-corrected chi connectivity index (χ2v) is 8.25. The fraction of sp³-hybridized carbons (Fsp3) is 0.167. The van der Waals surface area contributed by atoms with Gasteiger partial charge in [0.05, 0.1) is 41.1 Å². The fourth-order valence-electron chi connectivity index (χ4n) is 4.67. The van der Waals surface area contributed by atoms with Gasteiger partial charge in [-0.05, 0) is 34.5 Å². The maximum absolute atomic E-state index is 13.9. The van der Waals surface area contributed by atoms with Gasteiger partial charge in [-0.1, -0.05) is 42.5 Å². The molecule has 0 aliphatic heterocycles. The number of fused-ring (bicyclic) bond motifs is 2. The molecule has 188 valence electrons. The molecule has 1 aromatic heterocycles. The number of hydrogen-bond acceptors (Lipinski definition) is 7. The minimum Gasteiger partial charge on any atom is -0.496 e. The van der Waals surface area contributed by atoms with Gasteiger partial charge < -0.3 is 28.1 Å². The van der Waals surface area contributed by atoms with Crippen LogP contribution in [0.3, 0.4) is 0 Å². The molecule has 0 bridgehead atoms. The molecule has 0 spiro atoms. The lowest BCUT2D eigenvalue weighted by Crippen LogP contribution is -2.10. The summed E-state index contributed by atoms with van der Waals surface area (Å²) in [7, 11) is 7.61. The zero-order valence-electron chi connectivity index (χ0n) is 21.2. The zero-order valence-corrected chi connectivity index (χ0v) is 21.2. The Morgan fingerprint density at radius 3 is 2.05 bits per heavy atom. The Hall–Kier alpha value is -4.65. The Bertz CT molecular complexity index is 1680. The molecular weight excluding hydrogens is 472 g/mol. The predicted octanol–water partition coefficient (Wildman–Crippen LogP) is 6.32. The van der Waals surface area contributed by atoms with Crippen molar-refractivity contribution in [3.63, 3.8) is 0 Å². The second-order valence-electron chi connectivity index (χ2n) is 8.25. The van der Waals surface area contributed by atoms with Gasteiger partial charge >= 0.3 is 0 Å². The average Bonchev–Trinajstić information content (AvgIpc) is 2.95. The predicted molar refractivity (Wildman–Crippen MR) is 144 cm³/mol. The maximum Gasteiger partial charge on any atom is 0.239 e. The van der Waals surface area contributed by atoms with Crippen molar-refractivity contribution in [2.75, 3.05) is 35.5 Å². The van der Waals surface area contributed by atoms with E-state index in [-0.39, 0.29) is 22.3 Å². The standard InChI is InChI=1S/C30H26O7/c1-32-21-14-13-18(15-22(21)33-2)28-30(36-5)27(31)26-24(35-4)16-23(34-3)25(29(26)37-28)20-12-8-10-17-9-6-7-11-19(17)20/h6-16H,1-5H3. The van der Waals surface area contributed by atoms with E-state index in [4.69, 9.17) is 28.1 Å². The van der Waals surface area contributed by atoms with E-state index < -0.39 is 0 Å². The Morgan fingerprint density at radius 2 is 1.35 bits per heavy atom. The molecule has 0 aliphatic rings. The number of ether oxygens (including phenoxy) is 5. The van der Waals surface area contributed by atoms with Crippen LogP contribution in [0.25, 0.3) is 44.2 Å². The van der Waals surface area contributed by atoms with Crippen LogP contribution < -0.4 is 29.1 Å². The molecule has 0 radical (unpaired) electrons. The Morgan fingerprint density at radius 1 is 0.649 bits per heavy atom. The summed E-state index contributed by atoms with van der Waals surface area (Å²) < 4.78 is 34.4. The Kier molecular flexibility index (Phi) is 6.36. The average molecular weight is 499 g/mol. The number of benzene rings is 4. The first-order valence-electron chi connectivity index (χ1n) is 11.6. The first-order valence-corrected chi connectivity index (χ1v) is 11.6. The van der Waals surface area contributed by atoms with Gasteiger partial charge in [-0.3, -0.25) is 4.79 Å². The van der Waals surface area contributed by atoms with Gasteiger partial charge in [0, 0.05) is 11.6 Å². The van der Waals surface area contributed by atoms with E-state index in [0.29, 0.717) is 39.7 Å². The third-order valence-corrected chi connectivity index (χ3v) is 6.40. The monoisotopic (exact) mass is 498 g/mol. The molecule has 0 unspecified atom stereocenters. The first-order chi connectivity index (χ1) is 18.1. The summed E-state index contributed by atoms with van der Waals surface area (Å²) in [6, 6.07) is 20.9. The van der Waals surface area contributed by atoms with Crippen molar-refractivity contribution >= 4 is 21.7 Å². The van der Waals surface area contributed by atoms with Crippen molar-refractivity contribution in [1.29, 1.82) is 0 Å². The van der Waals surface area contributed by atoms with Crippen LogP contribution in [0, 0.1) is 0 Å². The highest BCUT2D eigenvalue weighted by Crippen LogP contribution is 2.46. The van der Waals surface area contributed by atoms with E-state index in [1.807, 2.05) is 42.5 Å². The van der Waals surface area contributed by atoms with Crippen LogP contribution in [0.2, 0.25) is 0 Å². The molecule has 7 nitrogen and oxygen atoms in total. The largest absolute Gasteiger partial charge is 0.496 e. The van der Waals surface area contributed by atoms with E-state index in [9.17, 15) is 4.79 Å². The topological polar surface area (TPSA) is 76.4 Å². The number of rotatable bonds is 7. The molecule has 5 aromatic rings. The van der Waals surface area contributed by atoms with Gasteiger partial charge in [0.15, 0.2) is 22.8 Å². The van der Waals surface area contributed by atoms with Crippen LogP contribution >= 0.6 is 0 Å². The second kappa shape index (κ2) is 9.78. The van der Waals surface area contributed by atoms with Crippen molar-refractivity contribution in [2.24, 2.45) is 0 Å². The summed E-state index contributed by atoms with van der Waals surface area (Å²) in [6.45, 7) is 0. The SMILES string of the molecule is COc1ccc(-c2oc3c(-c4cccc5ccccc45)c(OC)cc(OC)c3c(=O)c2OC)cc1OC. The molecule has 37 heavy (non-hydrogen) atoms. The quantitative estimate of drug-likeness (QED) is 0.260. The molecule has 5 rings (SSSR count). The van der Waals surface area contributed by atoms with Crippen molar-refractivity contribution < 1.29 is 28.1 Å². The molecule has 7 heteroatoms. The molecule has 0 aliphatic carbocycles. The van der Waals surface area contributed by atoms with Crippen molar-refractivity contribution in [3.8, 4) is 51.2 Å². The molecule has 0 saturated carbocycles. The zero-order chi connectivity index (χ0) is 26.1. The number of hydrogen-bond donors (Lipinski definition) is 0. The third-order valence-electron chi connectivity index (χ3n) is 6.40. The molecule has 0 atom stereocenters. The molecule has 0 saturated heterocycles. The van der Waals surface area contributed by atoms with Crippen LogP contribution in [0.15, 0.2) is 75.9 Å². The van der Waals surface area contributed by atoms with E-state index in [2.05, 4.69) is 0 Å². The van der Waals surface area contributed by atoms with E-state index in [0.717, 1.165) is 16.3 Å². The lowest BCUT2D eigenvalue weighted by Gasteiger charge is -2.18. The molecule has 0 N–H and O–H groups in total. The minimum absolute atomic E-state index is 0.0482. The van der Waals surface area contributed by atoms with Gasteiger partial charge in [-0.2, -0.15) is 0 Å². The summed E-state index contributed by atoms with van der Waals surface area (Å²) in [5.74, 6) is 2.16. The van der Waals surface area contributed by atoms with Gasteiger partial charge in [0.1, 0.15) is 16.9 Å². The normalized spacial score (nSPS) is 10.9. The first kappa shape index (κ1) is 24.1. The highest BCUT2D eigenvalue weighted by molar-refractivity contribution is 6.07. The molecular formula is C30H26O7. The van der Waals surface area contributed by atoms with Crippen LogP contribution in [-0.2, 0) is 0 Å². The van der Waals surface area contributed by atoms with Crippen LogP contribution in [-0.4, -0.2) is 35.5 Å². The van der Waals surface area contributed by atoms with E-state index in [1.165, 1.54) is 14.2 Å². The lowest BCUT2D eigenvalue weighted by molar-refractivity contribution is 0.355. The highest BCUT2D eigenvalue weighted by atomic mass is 16.5. The van der Waals surface area contributed by atoms with Crippen molar-refractivity contribution in [2.45, 2.75) is 0 Å². The van der Waals surface area contributed by atoms with Crippen molar-refractivity contribution in [1.82, 2.24) is 0 Å². The lowest BCUT2D eigenvalue weighted by atomic mass is 9.95. The molecule has 4 aromatic carbocycles. The fourth-order valence-corrected chi connectivity index (χ4v) is 4.67. The van der Waals surface area contributed by atoms with Gasteiger partial charge in [-0.15, -0.1) is 0 Å². The van der Waals surface area contributed by atoms with Crippen LogP contribution in [0.5, 0.6) is 28.7 Å². The summed E-state index contributed by atoms with van der Waals surface area (Å²) in [5.41, 5.74) is 2.03. The molecule has 0 amide bonds. The molecule has 1 heterocycles. The summed E-state index contributed by atoms with van der Waals surface area (Å²) in [6.07, 6.45) is 0. The Balaban J connectivity index is 1.95. The minimum atomic E-state index is -0.366. The van der Waals surface area contributed by atoms with Gasteiger partial charge in [0.25, 0.3) is 0 Å². The Labute approximate surface area is 213 Å². The smallest absolute Gasteiger partial charge is 0.239 e. The summed E-state index contributed by atoms with van der Waals surface area (Å²) in [4.78, 5) is 13.9. The maximum atomic E-state index is 13.9. The van der Waals surface area contributed by atoms with Crippen molar-refractivity contribution in [3.05, 3.63) is 77.0 Å². The van der Waals surface area contributed by atoms with Gasteiger partial charge in [-0.25, -0.2) is 0 Å². The summed E-state index contributed by atoms with van der Waals surface area (Å²) >= 11 is 0. The number of methoxy groups -OCH3 is 5. The van der Waals surface area contributed by atoms with Crippen LogP contribution in [0.1, 0.15) is 0 Å².